The Hall–Kier alpha value is -2.30. The van der Waals surface area contributed by atoms with Crippen LogP contribution in [0.25, 0.3) is 11.4 Å². The van der Waals surface area contributed by atoms with Crippen LogP contribution in [0.5, 0.6) is 0 Å². The van der Waals surface area contributed by atoms with E-state index in [0.29, 0.717) is 11.6 Å². The molecule has 2 heterocycles. The normalized spacial score (nSPS) is 15.7. The third kappa shape index (κ3) is 3.54. The van der Waals surface area contributed by atoms with E-state index < -0.39 is 0 Å². The molecule has 1 aliphatic heterocycles. The van der Waals surface area contributed by atoms with Crippen LogP contribution in [0.2, 0.25) is 5.02 Å². The molecule has 1 aromatic heterocycles. The van der Waals surface area contributed by atoms with Crippen molar-refractivity contribution < 1.29 is 0 Å². The maximum atomic E-state index is 6.40. The van der Waals surface area contributed by atoms with E-state index in [2.05, 4.69) is 48.9 Å². The topological polar surface area (TPSA) is 55.0 Å². The van der Waals surface area contributed by atoms with Crippen LogP contribution in [-0.4, -0.2) is 16.5 Å². The largest absolute Gasteiger partial charge is 0.384 e. The summed E-state index contributed by atoms with van der Waals surface area (Å²) in [6, 6.07) is 14.3. The van der Waals surface area contributed by atoms with Gasteiger partial charge >= 0.3 is 0 Å². The molecular weight excluding hydrogens is 391 g/mol. The number of aromatic nitrogens is 2. The average Bonchev–Trinajstić information content (AvgIpc) is 2.64. The van der Waals surface area contributed by atoms with E-state index in [9.17, 15) is 0 Å². The molecule has 1 aliphatic rings. The highest BCUT2D eigenvalue weighted by atomic mass is 35.5. The number of nitrogens with two attached hydrogens (primary N) is 1. The molecule has 6 heteroatoms. The number of hydrogen-bond donors (Lipinski definition) is 1. The van der Waals surface area contributed by atoms with Gasteiger partial charge < -0.3 is 10.6 Å². The van der Waals surface area contributed by atoms with E-state index in [-0.39, 0.29) is 18.4 Å². The molecule has 0 spiro atoms. The fourth-order valence-corrected chi connectivity index (χ4v) is 4.13. The van der Waals surface area contributed by atoms with Crippen LogP contribution in [0.3, 0.4) is 0 Å². The fourth-order valence-electron chi connectivity index (χ4n) is 3.85. The lowest BCUT2D eigenvalue weighted by Crippen LogP contribution is -2.35. The standard InChI is InChI=1S/C22H23ClN4.ClH/c1-13-6-4-7-16(14(13)2)22-25-20(24)12-21(26-22)27-11-10-18-17(15(27)3)8-5-9-19(18)23;/h4-9,12,15H,10-11H2,1-3H3,(H2,24,25,26);1H. The van der Waals surface area contributed by atoms with Crippen LogP contribution in [0.1, 0.15) is 35.2 Å². The van der Waals surface area contributed by atoms with Gasteiger partial charge in [0.05, 0.1) is 6.04 Å². The number of hydrogen-bond acceptors (Lipinski definition) is 4. The number of rotatable bonds is 2. The predicted molar refractivity (Wildman–Crippen MR) is 120 cm³/mol. The molecule has 4 rings (SSSR count). The molecule has 2 aromatic carbocycles. The number of nitrogens with zero attached hydrogens (tertiary/aromatic N) is 3. The van der Waals surface area contributed by atoms with Gasteiger partial charge in [-0.15, -0.1) is 12.4 Å². The Morgan fingerprint density at radius 2 is 1.86 bits per heavy atom. The van der Waals surface area contributed by atoms with Gasteiger partial charge in [0.15, 0.2) is 5.82 Å². The Morgan fingerprint density at radius 1 is 1.11 bits per heavy atom. The van der Waals surface area contributed by atoms with E-state index in [1.807, 2.05) is 24.3 Å². The molecule has 28 heavy (non-hydrogen) atoms. The third-order valence-electron chi connectivity index (χ3n) is 5.55. The highest BCUT2D eigenvalue weighted by Gasteiger charge is 2.27. The second kappa shape index (κ2) is 7.98. The molecule has 0 amide bonds. The third-order valence-corrected chi connectivity index (χ3v) is 5.90. The van der Waals surface area contributed by atoms with Crippen molar-refractivity contribution in [2.24, 2.45) is 0 Å². The minimum atomic E-state index is 0. The summed E-state index contributed by atoms with van der Waals surface area (Å²) in [7, 11) is 0. The molecule has 2 N–H and O–H groups in total. The first-order valence-corrected chi connectivity index (χ1v) is 9.58. The van der Waals surface area contributed by atoms with Crippen LogP contribution >= 0.6 is 24.0 Å². The van der Waals surface area contributed by atoms with Crippen LogP contribution in [0.15, 0.2) is 42.5 Å². The Kier molecular flexibility index (Phi) is 5.82. The SMILES string of the molecule is Cc1cccc(-c2nc(N)cc(N3CCc4c(Cl)cccc4C3C)n2)c1C.Cl. The number of anilines is 2. The van der Waals surface area contributed by atoms with Crippen molar-refractivity contribution in [3.05, 3.63) is 69.7 Å². The second-order valence-corrected chi connectivity index (χ2v) is 7.56. The van der Waals surface area contributed by atoms with Crippen LogP contribution < -0.4 is 10.6 Å². The summed E-state index contributed by atoms with van der Waals surface area (Å²) in [4.78, 5) is 11.7. The van der Waals surface area contributed by atoms with Crippen molar-refractivity contribution in [2.75, 3.05) is 17.2 Å². The van der Waals surface area contributed by atoms with E-state index in [4.69, 9.17) is 22.3 Å². The molecule has 1 unspecified atom stereocenters. The summed E-state index contributed by atoms with van der Waals surface area (Å²) in [5.74, 6) is 2.02. The molecule has 3 aromatic rings. The van der Waals surface area contributed by atoms with E-state index >= 15 is 0 Å². The lowest BCUT2D eigenvalue weighted by molar-refractivity contribution is 0.617. The number of nitrogen functional groups attached to an aromatic ring is 1. The highest BCUT2D eigenvalue weighted by Crippen LogP contribution is 2.36. The van der Waals surface area contributed by atoms with Crippen LogP contribution in [0.4, 0.5) is 11.6 Å². The number of aryl methyl sites for hydroxylation is 1. The van der Waals surface area contributed by atoms with Gasteiger partial charge in [0.1, 0.15) is 11.6 Å². The summed E-state index contributed by atoms with van der Waals surface area (Å²) >= 11 is 6.40. The first kappa shape index (κ1) is 20.4. The van der Waals surface area contributed by atoms with Gasteiger partial charge in [0.2, 0.25) is 0 Å². The Bertz CT molecular complexity index is 1020. The zero-order valence-corrected chi connectivity index (χ0v) is 17.8. The smallest absolute Gasteiger partial charge is 0.164 e. The summed E-state index contributed by atoms with van der Waals surface area (Å²) in [6.07, 6.45) is 0.891. The maximum Gasteiger partial charge on any atom is 0.164 e. The van der Waals surface area contributed by atoms with E-state index in [1.54, 1.807) is 0 Å². The molecule has 0 saturated heterocycles. The van der Waals surface area contributed by atoms with Gasteiger partial charge in [-0.1, -0.05) is 41.9 Å². The van der Waals surface area contributed by atoms with Gasteiger partial charge in [-0.05, 0) is 55.5 Å². The molecule has 0 bridgehead atoms. The van der Waals surface area contributed by atoms with Gasteiger partial charge in [-0.25, -0.2) is 9.97 Å². The molecule has 0 saturated carbocycles. The van der Waals surface area contributed by atoms with Crippen molar-refractivity contribution in [1.29, 1.82) is 0 Å². The van der Waals surface area contributed by atoms with Crippen LogP contribution in [-0.2, 0) is 6.42 Å². The van der Waals surface area contributed by atoms with E-state index in [0.717, 1.165) is 29.4 Å². The lowest BCUT2D eigenvalue weighted by atomic mass is 9.93. The zero-order chi connectivity index (χ0) is 19.1. The van der Waals surface area contributed by atoms with Crippen molar-refractivity contribution in [2.45, 2.75) is 33.2 Å². The number of benzene rings is 2. The average molecular weight is 415 g/mol. The van der Waals surface area contributed by atoms with E-state index in [1.165, 1.54) is 22.3 Å². The maximum absolute atomic E-state index is 6.40. The molecule has 146 valence electrons. The number of halogens is 2. The molecular formula is C22H24Cl2N4. The second-order valence-electron chi connectivity index (χ2n) is 7.15. The number of fused-ring (bicyclic) bond motifs is 1. The van der Waals surface area contributed by atoms with Gasteiger partial charge in [-0.2, -0.15) is 0 Å². The van der Waals surface area contributed by atoms with Crippen molar-refractivity contribution >= 4 is 35.6 Å². The zero-order valence-electron chi connectivity index (χ0n) is 16.2. The Balaban J connectivity index is 0.00000225. The van der Waals surface area contributed by atoms with Gasteiger partial charge in [0, 0.05) is 23.2 Å². The van der Waals surface area contributed by atoms with Crippen LogP contribution in [0, 0.1) is 13.8 Å². The molecule has 0 fully saturated rings. The van der Waals surface area contributed by atoms with Crippen molar-refractivity contribution in [3.8, 4) is 11.4 Å². The molecule has 0 aliphatic carbocycles. The first-order chi connectivity index (χ1) is 13.0. The summed E-state index contributed by atoms with van der Waals surface area (Å²) in [5, 5.41) is 0.845. The minimum absolute atomic E-state index is 0. The molecule has 0 radical (unpaired) electrons. The minimum Gasteiger partial charge on any atom is -0.384 e. The first-order valence-electron chi connectivity index (χ1n) is 9.21. The summed E-state index contributed by atoms with van der Waals surface area (Å²) < 4.78 is 0. The molecule has 4 nitrogen and oxygen atoms in total. The quantitative estimate of drug-likeness (QED) is 0.597. The summed E-state index contributed by atoms with van der Waals surface area (Å²) in [5.41, 5.74) is 12.1. The van der Waals surface area contributed by atoms with Gasteiger partial charge in [-0.3, -0.25) is 0 Å². The van der Waals surface area contributed by atoms with Gasteiger partial charge in [0.25, 0.3) is 0 Å². The summed E-state index contributed by atoms with van der Waals surface area (Å²) in [6.45, 7) is 7.23. The van der Waals surface area contributed by atoms with Crippen molar-refractivity contribution in [3.63, 3.8) is 0 Å². The fraction of sp³-hybridized carbons (Fsp3) is 0.273. The Morgan fingerprint density at radius 3 is 2.64 bits per heavy atom. The highest BCUT2D eigenvalue weighted by molar-refractivity contribution is 6.31. The monoisotopic (exact) mass is 414 g/mol. The lowest BCUT2D eigenvalue weighted by Gasteiger charge is -2.36. The molecule has 1 atom stereocenters. The Labute approximate surface area is 177 Å². The van der Waals surface area contributed by atoms with Crippen molar-refractivity contribution in [1.82, 2.24) is 9.97 Å². The predicted octanol–water partition coefficient (Wildman–Crippen LogP) is 5.54.